The lowest BCUT2D eigenvalue weighted by atomic mass is 10.1. The monoisotopic (exact) mass is 277 g/mol. The fraction of sp³-hybridized carbons (Fsp3) is 0.211. The fourth-order valence-corrected chi connectivity index (χ4v) is 1.90. The molecule has 21 heavy (non-hydrogen) atoms. The van der Waals surface area contributed by atoms with E-state index in [1.54, 1.807) is 12.1 Å². The first-order valence-electron chi connectivity index (χ1n) is 7.20. The number of rotatable bonds is 6. The van der Waals surface area contributed by atoms with Crippen LogP contribution in [0.4, 0.5) is 0 Å². The Bertz CT molecular complexity index is 618. The molecular weight excluding hydrogens is 258 g/mol. The van der Waals surface area contributed by atoms with Gasteiger partial charge in [0.05, 0.1) is 11.6 Å². The third-order valence-corrected chi connectivity index (χ3v) is 3.13. The minimum atomic E-state index is 0.533. The summed E-state index contributed by atoms with van der Waals surface area (Å²) in [7, 11) is 0. The number of benzene rings is 2. The van der Waals surface area contributed by atoms with E-state index >= 15 is 0 Å². The zero-order chi connectivity index (χ0) is 14.9. The number of hydrogen-bond donors (Lipinski definition) is 0. The zero-order valence-corrected chi connectivity index (χ0v) is 12.3. The first-order chi connectivity index (χ1) is 10.3. The molecule has 0 heterocycles. The second-order valence-corrected chi connectivity index (χ2v) is 4.86. The lowest BCUT2D eigenvalue weighted by molar-refractivity contribution is 0.306. The Morgan fingerprint density at radius 3 is 2.38 bits per heavy atom. The molecule has 106 valence electrons. The molecule has 0 bridgehead atoms. The van der Waals surface area contributed by atoms with E-state index < -0.39 is 0 Å². The van der Waals surface area contributed by atoms with Gasteiger partial charge in [-0.15, -0.1) is 0 Å². The maximum absolute atomic E-state index is 8.74. The van der Waals surface area contributed by atoms with Gasteiger partial charge in [0.15, 0.2) is 0 Å². The maximum atomic E-state index is 8.74. The molecule has 0 unspecified atom stereocenters. The quantitative estimate of drug-likeness (QED) is 0.748. The highest BCUT2D eigenvalue weighted by molar-refractivity contribution is 5.49. The van der Waals surface area contributed by atoms with Crippen LogP contribution >= 0.6 is 0 Å². The zero-order valence-electron chi connectivity index (χ0n) is 12.3. The molecule has 0 aromatic heterocycles. The SMILES string of the molecule is CCC/C=C/c1ccc(COc2ccc(C#N)cc2)cc1. The van der Waals surface area contributed by atoms with Crippen LogP contribution in [0.5, 0.6) is 5.75 Å². The first kappa shape index (κ1) is 14.9. The third kappa shape index (κ3) is 4.81. The largest absolute Gasteiger partial charge is 0.489 e. The van der Waals surface area contributed by atoms with Crippen molar-refractivity contribution >= 4 is 6.08 Å². The van der Waals surface area contributed by atoms with Crippen molar-refractivity contribution < 1.29 is 4.74 Å². The second kappa shape index (κ2) is 7.91. The molecule has 0 aliphatic rings. The van der Waals surface area contributed by atoms with Gasteiger partial charge in [0.25, 0.3) is 0 Å². The number of nitrogens with zero attached hydrogens (tertiary/aromatic N) is 1. The Morgan fingerprint density at radius 1 is 1.05 bits per heavy atom. The number of allylic oxidation sites excluding steroid dienone is 1. The summed E-state index contributed by atoms with van der Waals surface area (Å²) >= 11 is 0. The Labute approximate surface area is 126 Å². The van der Waals surface area contributed by atoms with Crippen LogP contribution in [0.2, 0.25) is 0 Å². The molecule has 0 spiro atoms. The Hall–Kier alpha value is -2.53. The smallest absolute Gasteiger partial charge is 0.119 e. The van der Waals surface area contributed by atoms with Gasteiger partial charge in [-0.25, -0.2) is 0 Å². The predicted octanol–water partition coefficient (Wildman–Crippen LogP) is 4.95. The molecule has 2 aromatic rings. The number of unbranched alkanes of at least 4 members (excludes halogenated alkanes) is 1. The molecule has 2 rings (SSSR count). The molecule has 0 saturated carbocycles. The third-order valence-electron chi connectivity index (χ3n) is 3.13. The Balaban J connectivity index is 1.89. The van der Waals surface area contributed by atoms with Gasteiger partial charge < -0.3 is 4.74 Å². The second-order valence-electron chi connectivity index (χ2n) is 4.86. The number of hydrogen-bond acceptors (Lipinski definition) is 2. The van der Waals surface area contributed by atoms with Crippen molar-refractivity contribution in [2.45, 2.75) is 26.4 Å². The van der Waals surface area contributed by atoms with Gasteiger partial charge in [-0.2, -0.15) is 5.26 Å². The summed E-state index contributed by atoms with van der Waals surface area (Å²) in [6.45, 7) is 2.71. The molecule has 0 fully saturated rings. The number of nitriles is 1. The van der Waals surface area contributed by atoms with Crippen LogP contribution in [-0.2, 0) is 6.61 Å². The van der Waals surface area contributed by atoms with Gasteiger partial charge in [0, 0.05) is 0 Å². The Morgan fingerprint density at radius 2 is 1.76 bits per heavy atom. The molecule has 2 nitrogen and oxygen atoms in total. The van der Waals surface area contributed by atoms with Crippen LogP contribution in [0.25, 0.3) is 6.08 Å². The van der Waals surface area contributed by atoms with Crippen molar-refractivity contribution in [2.75, 3.05) is 0 Å². The first-order valence-corrected chi connectivity index (χ1v) is 7.20. The van der Waals surface area contributed by atoms with Crippen molar-refractivity contribution in [3.8, 4) is 11.8 Å². The van der Waals surface area contributed by atoms with E-state index in [2.05, 4.69) is 49.4 Å². The Kier molecular flexibility index (Phi) is 5.60. The van der Waals surface area contributed by atoms with Crippen LogP contribution in [0.1, 0.15) is 36.5 Å². The molecule has 0 atom stereocenters. The summed E-state index contributed by atoms with van der Waals surface area (Å²) in [5.74, 6) is 0.779. The molecule has 2 heteroatoms. The lowest BCUT2D eigenvalue weighted by Crippen LogP contribution is -1.95. The standard InChI is InChI=1S/C19H19NO/c1-2-3-4-5-16-6-8-18(9-7-16)15-21-19-12-10-17(14-20)11-13-19/h4-13H,2-3,15H2,1H3/b5-4+. The number of ether oxygens (including phenoxy) is 1. The van der Waals surface area contributed by atoms with Gasteiger partial charge in [-0.1, -0.05) is 49.8 Å². The molecular formula is C19H19NO. The van der Waals surface area contributed by atoms with Crippen LogP contribution < -0.4 is 4.74 Å². The molecule has 0 amide bonds. The van der Waals surface area contributed by atoms with E-state index in [-0.39, 0.29) is 0 Å². The average Bonchev–Trinajstić information content (AvgIpc) is 2.55. The van der Waals surface area contributed by atoms with Gasteiger partial charge in [-0.05, 0) is 41.8 Å². The summed E-state index contributed by atoms with van der Waals surface area (Å²) in [6, 6.07) is 17.6. The van der Waals surface area contributed by atoms with Crippen molar-refractivity contribution in [3.63, 3.8) is 0 Å². The highest BCUT2D eigenvalue weighted by Crippen LogP contribution is 2.14. The fourth-order valence-electron chi connectivity index (χ4n) is 1.90. The summed E-state index contributed by atoms with van der Waals surface area (Å²) in [6.07, 6.45) is 6.63. The van der Waals surface area contributed by atoms with Crippen LogP contribution in [0.3, 0.4) is 0 Å². The lowest BCUT2D eigenvalue weighted by Gasteiger charge is -2.06. The van der Waals surface area contributed by atoms with Gasteiger partial charge in [-0.3, -0.25) is 0 Å². The van der Waals surface area contributed by atoms with Crippen LogP contribution in [0, 0.1) is 11.3 Å². The molecule has 0 saturated heterocycles. The highest BCUT2D eigenvalue weighted by Gasteiger charge is 1.97. The molecule has 2 aromatic carbocycles. The van der Waals surface area contributed by atoms with Gasteiger partial charge in [0.2, 0.25) is 0 Å². The topological polar surface area (TPSA) is 33.0 Å². The van der Waals surface area contributed by atoms with E-state index in [0.717, 1.165) is 17.7 Å². The van der Waals surface area contributed by atoms with Gasteiger partial charge >= 0.3 is 0 Å². The minimum Gasteiger partial charge on any atom is -0.489 e. The van der Waals surface area contributed by atoms with Crippen molar-refractivity contribution in [3.05, 3.63) is 71.3 Å². The molecule has 0 aliphatic carbocycles. The van der Waals surface area contributed by atoms with Gasteiger partial charge in [0.1, 0.15) is 12.4 Å². The summed E-state index contributed by atoms with van der Waals surface area (Å²) in [4.78, 5) is 0. The van der Waals surface area contributed by atoms with E-state index in [4.69, 9.17) is 10.00 Å². The van der Waals surface area contributed by atoms with Crippen molar-refractivity contribution in [1.82, 2.24) is 0 Å². The summed E-state index contributed by atoms with van der Waals surface area (Å²) in [5, 5.41) is 8.74. The molecule has 0 aliphatic heterocycles. The van der Waals surface area contributed by atoms with E-state index in [9.17, 15) is 0 Å². The highest BCUT2D eigenvalue weighted by atomic mass is 16.5. The van der Waals surface area contributed by atoms with Crippen LogP contribution in [-0.4, -0.2) is 0 Å². The molecule has 0 radical (unpaired) electrons. The minimum absolute atomic E-state index is 0.533. The van der Waals surface area contributed by atoms with Crippen LogP contribution in [0.15, 0.2) is 54.6 Å². The van der Waals surface area contributed by atoms with Crippen molar-refractivity contribution in [2.24, 2.45) is 0 Å². The average molecular weight is 277 g/mol. The van der Waals surface area contributed by atoms with E-state index in [1.165, 1.54) is 12.0 Å². The molecule has 0 N–H and O–H groups in total. The predicted molar refractivity (Wildman–Crippen MR) is 85.9 cm³/mol. The summed E-state index contributed by atoms with van der Waals surface area (Å²) < 4.78 is 5.70. The van der Waals surface area contributed by atoms with E-state index in [0.29, 0.717) is 12.2 Å². The summed E-state index contributed by atoms with van der Waals surface area (Å²) in [5.41, 5.74) is 2.99. The van der Waals surface area contributed by atoms with Crippen molar-refractivity contribution in [1.29, 1.82) is 5.26 Å². The van der Waals surface area contributed by atoms with E-state index in [1.807, 2.05) is 12.1 Å². The maximum Gasteiger partial charge on any atom is 0.119 e. The normalized spacial score (nSPS) is 10.5.